The van der Waals surface area contributed by atoms with E-state index < -0.39 is 18.1 Å². The molecule has 0 saturated heterocycles. The fourth-order valence-corrected chi connectivity index (χ4v) is 1.41. The molecule has 0 aliphatic rings. The molecule has 1 aromatic heterocycles. The van der Waals surface area contributed by atoms with Crippen LogP contribution in [0.2, 0.25) is 5.15 Å². The normalized spacial score (nSPS) is 10.5. The Balaban J connectivity index is 3.13. The quantitative estimate of drug-likeness (QED) is 0.620. The van der Waals surface area contributed by atoms with Gasteiger partial charge in [0.05, 0.1) is 20.6 Å². The first-order valence-electron chi connectivity index (χ1n) is 4.57. The van der Waals surface area contributed by atoms with Crippen LogP contribution in [-0.2, 0) is 16.0 Å². The minimum atomic E-state index is -2.80. The van der Waals surface area contributed by atoms with E-state index in [9.17, 15) is 13.6 Å². The third-order valence-corrected chi connectivity index (χ3v) is 2.36. The van der Waals surface area contributed by atoms with Crippen LogP contribution >= 0.6 is 11.6 Å². The summed E-state index contributed by atoms with van der Waals surface area (Å²) in [5.74, 6) is -0.649. The van der Waals surface area contributed by atoms with Crippen molar-refractivity contribution in [1.82, 2.24) is 4.98 Å². The minimum absolute atomic E-state index is 0.108. The lowest BCUT2D eigenvalue weighted by Crippen LogP contribution is -2.07. The summed E-state index contributed by atoms with van der Waals surface area (Å²) in [6.45, 7) is 0. The number of aromatic nitrogens is 1. The highest BCUT2D eigenvalue weighted by atomic mass is 35.5. The summed E-state index contributed by atoms with van der Waals surface area (Å²) in [5.41, 5.74) is -0.272. The van der Waals surface area contributed by atoms with E-state index in [1.165, 1.54) is 20.3 Å². The highest BCUT2D eigenvalue weighted by molar-refractivity contribution is 6.30. The van der Waals surface area contributed by atoms with Crippen molar-refractivity contribution < 1.29 is 23.0 Å². The molecule has 0 N–H and O–H groups in total. The summed E-state index contributed by atoms with van der Waals surface area (Å²) >= 11 is 5.70. The molecule has 0 unspecified atom stereocenters. The summed E-state index contributed by atoms with van der Waals surface area (Å²) in [6, 6.07) is 1.26. The number of rotatable bonds is 4. The molecule has 1 rings (SSSR count). The van der Waals surface area contributed by atoms with Crippen molar-refractivity contribution in [3.8, 4) is 5.75 Å². The molecule has 0 bridgehead atoms. The van der Waals surface area contributed by atoms with Crippen molar-refractivity contribution in [2.45, 2.75) is 12.8 Å². The molecule has 0 amide bonds. The van der Waals surface area contributed by atoms with E-state index in [0.29, 0.717) is 0 Å². The zero-order chi connectivity index (χ0) is 13.0. The van der Waals surface area contributed by atoms with Gasteiger partial charge in [-0.3, -0.25) is 4.79 Å². The average molecular weight is 266 g/mol. The number of halogens is 3. The molecule has 17 heavy (non-hydrogen) atoms. The van der Waals surface area contributed by atoms with Crippen LogP contribution in [0, 0.1) is 0 Å². The topological polar surface area (TPSA) is 48.4 Å². The number of methoxy groups -OCH3 is 2. The Morgan fingerprint density at radius 3 is 2.65 bits per heavy atom. The van der Waals surface area contributed by atoms with E-state index in [1.54, 1.807) is 0 Å². The summed E-state index contributed by atoms with van der Waals surface area (Å²) in [4.78, 5) is 14.6. The van der Waals surface area contributed by atoms with Gasteiger partial charge in [0, 0.05) is 5.56 Å². The molecule has 0 radical (unpaired) electrons. The molecule has 0 aliphatic heterocycles. The molecule has 0 fully saturated rings. The molecule has 4 nitrogen and oxygen atoms in total. The molecule has 1 heterocycles. The Morgan fingerprint density at radius 1 is 1.53 bits per heavy atom. The maximum atomic E-state index is 12.6. The molecule has 0 aromatic carbocycles. The Morgan fingerprint density at radius 2 is 2.18 bits per heavy atom. The van der Waals surface area contributed by atoms with Crippen LogP contribution in [0.3, 0.4) is 0 Å². The molecule has 1 aromatic rings. The van der Waals surface area contributed by atoms with E-state index >= 15 is 0 Å². The smallest absolute Gasteiger partial charge is 0.310 e. The molecule has 0 aliphatic carbocycles. The van der Waals surface area contributed by atoms with Crippen molar-refractivity contribution in [3.05, 3.63) is 22.5 Å². The first-order valence-corrected chi connectivity index (χ1v) is 4.95. The summed E-state index contributed by atoms with van der Waals surface area (Å²) in [5, 5.41) is -0.161. The minimum Gasteiger partial charge on any atom is -0.495 e. The second kappa shape index (κ2) is 5.77. The third kappa shape index (κ3) is 3.26. The van der Waals surface area contributed by atoms with Gasteiger partial charge in [0.1, 0.15) is 16.6 Å². The summed E-state index contributed by atoms with van der Waals surface area (Å²) in [6.07, 6.45) is -2.95. The number of nitrogens with zero attached hydrogens (tertiary/aromatic N) is 1. The van der Waals surface area contributed by atoms with Crippen LogP contribution in [0.15, 0.2) is 6.07 Å². The summed E-state index contributed by atoms with van der Waals surface area (Å²) in [7, 11) is 2.45. The van der Waals surface area contributed by atoms with Gasteiger partial charge in [0.15, 0.2) is 0 Å². The van der Waals surface area contributed by atoms with Gasteiger partial charge in [0.25, 0.3) is 6.43 Å². The standard InChI is InChI=1S/C10H10ClF2NO3/c1-16-6-3-5(4-7(15)17-2)9(11)14-8(6)10(12)13/h3,10H,4H2,1-2H3. The van der Waals surface area contributed by atoms with Gasteiger partial charge >= 0.3 is 5.97 Å². The van der Waals surface area contributed by atoms with E-state index in [4.69, 9.17) is 16.3 Å². The van der Waals surface area contributed by atoms with Crippen LogP contribution in [0.25, 0.3) is 0 Å². The molecule has 0 saturated carbocycles. The lowest BCUT2D eigenvalue weighted by Gasteiger charge is -2.10. The Hall–Kier alpha value is -1.43. The first kappa shape index (κ1) is 13.6. The van der Waals surface area contributed by atoms with Crippen LogP contribution in [0.5, 0.6) is 5.75 Å². The predicted octanol–water partition coefficient (Wildman–Crippen LogP) is 2.40. The predicted molar refractivity (Wildman–Crippen MR) is 56.5 cm³/mol. The number of carbonyl (C=O) groups is 1. The van der Waals surface area contributed by atoms with Crippen LogP contribution in [0.4, 0.5) is 8.78 Å². The van der Waals surface area contributed by atoms with Gasteiger partial charge in [-0.05, 0) is 6.07 Å². The van der Waals surface area contributed by atoms with Crippen molar-refractivity contribution >= 4 is 17.6 Å². The zero-order valence-corrected chi connectivity index (χ0v) is 9.92. The van der Waals surface area contributed by atoms with Crippen molar-refractivity contribution in [3.63, 3.8) is 0 Å². The van der Waals surface area contributed by atoms with Crippen LogP contribution < -0.4 is 4.74 Å². The second-order valence-corrected chi connectivity index (χ2v) is 3.44. The number of carbonyl (C=O) groups excluding carboxylic acids is 1. The monoisotopic (exact) mass is 265 g/mol. The van der Waals surface area contributed by atoms with Crippen LogP contribution in [0.1, 0.15) is 17.7 Å². The van der Waals surface area contributed by atoms with Gasteiger partial charge in [0.2, 0.25) is 0 Å². The number of hydrogen-bond acceptors (Lipinski definition) is 4. The number of pyridine rings is 1. The Labute approximate surface area is 101 Å². The lowest BCUT2D eigenvalue weighted by atomic mass is 10.2. The van der Waals surface area contributed by atoms with Crippen LogP contribution in [-0.4, -0.2) is 25.2 Å². The maximum Gasteiger partial charge on any atom is 0.310 e. The third-order valence-electron chi connectivity index (χ3n) is 2.03. The fourth-order valence-electron chi connectivity index (χ4n) is 1.20. The molecular formula is C10H10ClF2NO3. The lowest BCUT2D eigenvalue weighted by molar-refractivity contribution is -0.139. The second-order valence-electron chi connectivity index (χ2n) is 3.08. The summed E-state index contributed by atoms with van der Waals surface area (Å²) < 4.78 is 34.3. The van der Waals surface area contributed by atoms with E-state index in [2.05, 4.69) is 9.72 Å². The molecule has 7 heteroatoms. The van der Waals surface area contributed by atoms with Gasteiger partial charge in [-0.15, -0.1) is 0 Å². The SMILES string of the molecule is COC(=O)Cc1cc(OC)c(C(F)F)nc1Cl. The molecule has 94 valence electrons. The van der Waals surface area contributed by atoms with Crippen molar-refractivity contribution in [2.24, 2.45) is 0 Å². The van der Waals surface area contributed by atoms with E-state index in [-0.39, 0.29) is 22.9 Å². The van der Waals surface area contributed by atoms with Crippen molar-refractivity contribution in [2.75, 3.05) is 14.2 Å². The number of alkyl halides is 2. The zero-order valence-electron chi connectivity index (χ0n) is 9.17. The highest BCUT2D eigenvalue weighted by Gasteiger charge is 2.20. The average Bonchev–Trinajstić information content (AvgIpc) is 2.30. The number of hydrogen-bond donors (Lipinski definition) is 0. The number of ether oxygens (including phenoxy) is 2. The van der Waals surface area contributed by atoms with Crippen molar-refractivity contribution in [1.29, 1.82) is 0 Å². The first-order chi connectivity index (χ1) is 7.99. The Bertz CT molecular complexity index is 426. The molecular weight excluding hydrogens is 256 g/mol. The fraction of sp³-hybridized carbons (Fsp3) is 0.400. The van der Waals surface area contributed by atoms with Gasteiger partial charge < -0.3 is 9.47 Å². The molecule has 0 atom stereocenters. The van der Waals surface area contributed by atoms with E-state index in [0.717, 1.165) is 0 Å². The van der Waals surface area contributed by atoms with E-state index in [1.807, 2.05) is 0 Å². The van der Waals surface area contributed by atoms with Gasteiger partial charge in [-0.1, -0.05) is 11.6 Å². The maximum absolute atomic E-state index is 12.6. The molecule has 0 spiro atoms. The largest absolute Gasteiger partial charge is 0.495 e. The Kier molecular flexibility index (Phi) is 4.62. The van der Waals surface area contributed by atoms with Gasteiger partial charge in [-0.25, -0.2) is 13.8 Å². The van der Waals surface area contributed by atoms with Gasteiger partial charge in [-0.2, -0.15) is 0 Å². The highest BCUT2D eigenvalue weighted by Crippen LogP contribution is 2.31. The number of esters is 1.